The molecular weight excluding hydrogens is 220 g/mol. The maximum Gasteiger partial charge on any atom is 0.374 e. The second kappa shape index (κ2) is 5.11. The van der Waals surface area contributed by atoms with Crippen molar-refractivity contribution in [3.05, 3.63) is 37.1 Å². The summed E-state index contributed by atoms with van der Waals surface area (Å²) in [6, 6.07) is 3.62. The van der Waals surface area contributed by atoms with Crippen LogP contribution in [0.15, 0.2) is 37.1 Å². The molecule has 0 fully saturated rings. The first kappa shape index (κ1) is 11.1. The molecule has 2 rings (SSSR count). The minimum Gasteiger partial charge on any atom is -0.464 e. The Morgan fingerprint density at radius 2 is 2.35 bits per heavy atom. The number of aromatic nitrogens is 4. The summed E-state index contributed by atoms with van der Waals surface area (Å²) in [6.07, 6.45) is 6.49. The minimum absolute atomic E-state index is 0.0978. The van der Waals surface area contributed by atoms with Crippen LogP contribution >= 0.6 is 0 Å². The Morgan fingerprint density at radius 1 is 1.47 bits per heavy atom. The lowest BCUT2D eigenvalue weighted by atomic mass is 10.2. The van der Waals surface area contributed by atoms with Crippen LogP contribution in [0.1, 0.15) is 0 Å². The van der Waals surface area contributed by atoms with Crippen molar-refractivity contribution >= 4 is 5.97 Å². The van der Waals surface area contributed by atoms with Gasteiger partial charge in [0, 0.05) is 17.8 Å². The number of hydrogen-bond acceptors (Lipinski definition) is 5. The van der Waals surface area contributed by atoms with Crippen LogP contribution in [0.2, 0.25) is 0 Å². The highest BCUT2D eigenvalue weighted by atomic mass is 16.5. The Hall–Kier alpha value is -2.37. The van der Waals surface area contributed by atoms with E-state index < -0.39 is 0 Å². The average molecular weight is 231 g/mol. The van der Waals surface area contributed by atoms with E-state index in [1.54, 1.807) is 24.7 Å². The fraction of sp³-hybridized carbons (Fsp3) is 0.182. The molecule has 2 aromatic rings. The monoisotopic (exact) mass is 231 g/mol. The maximum atomic E-state index is 11.0. The van der Waals surface area contributed by atoms with E-state index in [2.05, 4.69) is 19.8 Å². The Bertz CT molecular complexity index is 499. The average Bonchev–Trinajstić information content (AvgIpc) is 2.40. The number of carbonyl (C=O) groups is 1. The van der Waals surface area contributed by atoms with Gasteiger partial charge in [0.2, 0.25) is 0 Å². The van der Waals surface area contributed by atoms with Crippen LogP contribution in [-0.4, -0.2) is 28.1 Å². The van der Waals surface area contributed by atoms with Crippen molar-refractivity contribution in [1.82, 2.24) is 15.1 Å². The van der Waals surface area contributed by atoms with Crippen molar-refractivity contribution in [2.45, 2.75) is 6.54 Å². The van der Waals surface area contributed by atoms with Gasteiger partial charge in [0.05, 0.1) is 12.8 Å². The highest BCUT2D eigenvalue weighted by molar-refractivity contribution is 5.67. The molecular formula is C11H11N4O2+. The topological polar surface area (TPSA) is 68.8 Å². The molecule has 0 N–H and O–H groups in total. The number of rotatable bonds is 3. The third kappa shape index (κ3) is 2.81. The summed E-state index contributed by atoms with van der Waals surface area (Å²) in [5, 5.41) is 4.10. The van der Waals surface area contributed by atoms with Crippen molar-refractivity contribution in [1.29, 1.82) is 0 Å². The van der Waals surface area contributed by atoms with Crippen molar-refractivity contribution < 1.29 is 14.2 Å². The molecule has 0 saturated heterocycles. The maximum absolute atomic E-state index is 11.0. The molecule has 2 aromatic heterocycles. The van der Waals surface area contributed by atoms with Gasteiger partial charge in [-0.2, -0.15) is 0 Å². The molecule has 0 amide bonds. The number of nitrogens with zero attached hydrogens (tertiary/aromatic N) is 4. The van der Waals surface area contributed by atoms with E-state index in [0.29, 0.717) is 0 Å². The zero-order valence-corrected chi connectivity index (χ0v) is 9.28. The molecule has 0 aromatic carbocycles. The van der Waals surface area contributed by atoms with Crippen molar-refractivity contribution in [3.8, 4) is 11.3 Å². The molecule has 0 aliphatic carbocycles. The molecule has 0 aliphatic rings. The van der Waals surface area contributed by atoms with Crippen LogP contribution in [0, 0.1) is 0 Å². The number of carbonyl (C=O) groups excluding carboxylic acids is 1. The van der Waals surface area contributed by atoms with E-state index in [-0.39, 0.29) is 12.5 Å². The smallest absolute Gasteiger partial charge is 0.374 e. The predicted octanol–water partition coefficient (Wildman–Crippen LogP) is -0.000900. The van der Waals surface area contributed by atoms with Gasteiger partial charge >= 0.3 is 5.97 Å². The second-order valence-corrected chi connectivity index (χ2v) is 3.28. The quantitative estimate of drug-likeness (QED) is 0.549. The summed E-state index contributed by atoms with van der Waals surface area (Å²) in [6.45, 7) is 0.0978. The molecule has 0 unspecified atom stereocenters. The van der Waals surface area contributed by atoms with E-state index in [0.717, 1.165) is 11.3 Å². The van der Waals surface area contributed by atoms with Gasteiger partial charge in [0.25, 0.3) is 6.54 Å². The SMILES string of the molecule is COC(=O)C[n+]1ccc(-c2ccncn2)cn1. The fourth-order valence-electron chi connectivity index (χ4n) is 1.29. The van der Waals surface area contributed by atoms with Crippen LogP contribution in [0.5, 0.6) is 0 Å². The molecule has 0 aliphatic heterocycles. The van der Waals surface area contributed by atoms with Crippen LogP contribution in [0.25, 0.3) is 11.3 Å². The predicted molar refractivity (Wildman–Crippen MR) is 57.5 cm³/mol. The normalized spacial score (nSPS) is 9.94. The molecule has 6 nitrogen and oxygen atoms in total. The summed E-state index contributed by atoms with van der Waals surface area (Å²) in [7, 11) is 1.35. The van der Waals surface area contributed by atoms with E-state index in [1.165, 1.54) is 18.1 Å². The minimum atomic E-state index is -0.336. The molecule has 6 heteroatoms. The van der Waals surface area contributed by atoms with E-state index in [4.69, 9.17) is 0 Å². The van der Waals surface area contributed by atoms with Gasteiger partial charge in [-0.1, -0.05) is 4.68 Å². The van der Waals surface area contributed by atoms with Gasteiger partial charge in [-0.25, -0.2) is 14.8 Å². The lowest BCUT2D eigenvalue weighted by Crippen LogP contribution is -2.41. The third-order valence-corrected chi connectivity index (χ3v) is 2.17. The first-order valence-corrected chi connectivity index (χ1v) is 4.98. The summed E-state index contributed by atoms with van der Waals surface area (Å²) in [5.41, 5.74) is 1.66. The fourth-order valence-corrected chi connectivity index (χ4v) is 1.29. The van der Waals surface area contributed by atoms with Gasteiger partial charge in [-0.3, -0.25) is 0 Å². The van der Waals surface area contributed by atoms with E-state index in [9.17, 15) is 4.79 Å². The van der Waals surface area contributed by atoms with Crippen LogP contribution in [0.3, 0.4) is 0 Å². The van der Waals surface area contributed by atoms with Crippen LogP contribution < -0.4 is 4.68 Å². The lowest BCUT2D eigenvalue weighted by molar-refractivity contribution is -0.743. The van der Waals surface area contributed by atoms with Crippen LogP contribution in [-0.2, 0) is 16.1 Å². The number of methoxy groups -OCH3 is 1. The third-order valence-electron chi connectivity index (χ3n) is 2.17. The zero-order valence-electron chi connectivity index (χ0n) is 9.28. The van der Waals surface area contributed by atoms with Crippen molar-refractivity contribution in [3.63, 3.8) is 0 Å². The summed E-state index contributed by atoms with van der Waals surface area (Å²) in [5.74, 6) is -0.336. The number of ether oxygens (including phenoxy) is 1. The molecule has 17 heavy (non-hydrogen) atoms. The Balaban J connectivity index is 2.16. The van der Waals surface area contributed by atoms with E-state index >= 15 is 0 Å². The van der Waals surface area contributed by atoms with Crippen molar-refractivity contribution in [2.24, 2.45) is 0 Å². The summed E-state index contributed by atoms with van der Waals surface area (Å²) >= 11 is 0. The van der Waals surface area contributed by atoms with Gasteiger partial charge in [0.15, 0.2) is 6.20 Å². The lowest BCUT2D eigenvalue weighted by Gasteiger charge is -1.97. The van der Waals surface area contributed by atoms with Crippen LogP contribution in [0.4, 0.5) is 0 Å². The molecule has 0 bridgehead atoms. The largest absolute Gasteiger partial charge is 0.464 e. The summed E-state index contributed by atoms with van der Waals surface area (Å²) in [4.78, 5) is 19.0. The molecule has 86 valence electrons. The van der Waals surface area contributed by atoms with Gasteiger partial charge in [-0.05, 0) is 11.2 Å². The Morgan fingerprint density at radius 3 is 2.94 bits per heavy atom. The highest BCUT2D eigenvalue weighted by Crippen LogP contribution is 2.11. The molecule has 0 spiro atoms. The highest BCUT2D eigenvalue weighted by Gasteiger charge is 2.11. The number of esters is 1. The Labute approximate surface area is 97.9 Å². The molecule has 0 atom stereocenters. The van der Waals surface area contributed by atoms with Gasteiger partial charge in [0.1, 0.15) is 12.5 Å². The molecule has 2 heterocycles. The first-order chi connectivity index (χ1) is 8.29. The van der Waals surface area contributed by atoms with E-state index in [1.807, 2.05) is 6.07 Å². The van der Waals surface area contributed by atoms with Gasteiger partial charge in [-0.15, -0.1) is 0 Å². The number of hydrogen-bond donors (Lipinski definition) is 0. The standard InChI is InChI=1S/C11H11N4O2/c1-17-11(16)7-15-5-3-9(6-14-15)10-2-4-12-8-13-10/h2-6,8H,7H2,1H3/q+1. The molecule has 0 radical (unpaired) electrons. The first-order valence-electron chi connectivity index (χ1n) is 4.98. The van der Waals surface area contributed by atoms with Crippen molar-refractivity contribution in [2.75, 3.05) is 7.11 Å². The second-order valence-electron chi connectivity index (χ2n) is 3.28. The summed E-state index contributed by atoms with van der Waals surface area (Å²) < 4.78 is 6.05. The zero-order chi connectivity index (χ0) is 12.1. The molecule has 0 saturated carbocycles. The van der Waals surface area contributed by atoms with Gasteiger partial charge < -0.3 is 4.74 Å². The Kier molecular flexibility index (Phi) is 3.34.